The van der Waals surface area contributed by atoms with Crippen LogP contribution >= 0.6 is 0 Å². The van der Waals surface area contributed by atoms with Gasteiger partial charge in [0.2, 0.25) is 0 Å². The van der Waals surface area contributed by atoms with Crippen LogP contribution in [0.3, 0.4) is 0 Å². The molecule has 0 aliphatic rings. The Morgan fingerprint density at radius 2 is 1.96 bits per heavy atom. The predicted octanol–water partition coefficient (Wildman–Crippen LogP) is 3.38. The molecule has 0 spiro atoms. The van der Waals surface area contributed by atoms with Gasteiger partial charge in [0.05, 0.1) is 18.5 Å². The monoisotopic (exact) mass is 352 g/mol. The first-order valence-corrected chi connectivity index (χ1v) is 8.03. The van der Waals surface area contributed by atoms with Crippen LogP contribution in [0.5, 0.6) is 5.75 Å². The van der Waals surface area contributed by atoms with E-state index >= 15 is 0 Å². The van der Waals surface area contributed by atoms with Gasteiger partial charge in [-0.2, -0.15) is 10.2 Å². The number of hydrazone groups is 1. The predicted molar refractivity (Wildman–Crippen MR) is 96.7 cm³/mol. The van der Waals surface area contributed by atoms with Crippen LogP contribution in [0.2, 0.25) is 0 Å². The second-order valence-corrected chi connectivity index (χ2v) is 5.37. The van der Waals surface area contributed by atoms with Crippen LogP contribution in [0.25, 0.3) is 11.3 Å². The Balaban J connectivity index is 1.63. The van der Waals surface area contributed by atoms with E-state index in [4.69, 9.17) is 4.74 Å². The normalized spacial score (nSPS) is 10.8. The molecule has 2 aromatic carbocycles. The van der Waals surface area contributed by atoms with E-state index < -0.39 is 5.91 Å². The highest BCUT2D eigenvalue weighted by Gasteiger charge is 2.10. The fourth-order valence-corrected chi connectivity index (χ4v) is 2.25. The van der Waals surface area contributed by atoms with Crippen molar-refractivity contribution in [1.29, 1.82) is 0 Å². The molecule has 1 aromatic heterocycles. The van der Waals surface area contributed by atoms with Crippen molar-refractivity contribution < 1.29 is 13.9 Å². The Hall–Kier alpha value is -3.48. The number of ether oxygens (including phenoxy) is 1. The molecule has 0 saturated carbocycles. The number of aromatic amines is 1. The summed E-state index contributed by atoms with van der Waals surface area (Å²) in [6.45, 7) is 2.52. The van der Waals surface area contributed by atoms with Gasteiger partial charge >= 0.3 is 0 Å². The number of rotatable bonds is 6. The average molecular weight is 352 g/mol. The minimum Gasteiger partial charge on any atom is -0.494 e. The molecule has 26 heavy (non-hydrogen) atoms. The number of carbonyl (C=O) groups is 1. The SMILES string of the molecule is CCOc1ccc(-c2cc(C(=O)N/N=C/c3ccc(F)cc3)[nH]n2)cc1. The van der Waals surface area contributed by atoms with Crippen molar-refractivity contribution in [2.75, 3.05) is 6.61 Å². The number of benzene rings is 2. The largest absolute Gasteiger partial charge is 0.494 e. The van der Waals surface area contributed by atoms with Gasteiger partial charge in [0, 0.05) is 5.56 Å². The van der Waals surface area contributed by atoms with Crippen molar-refractivity contribution in [2.24, 2.45) is 5.10 Å². The number of hydrogen-bond donors (Lipinski definition) is 2. The van der Waals surface area contributed by atoms with E-state index in [0.29, 0.717) is 17.9 Å². The molecule has 0 saturated heterocycles. The maximum atomic E-state index is 12.8. The lowest BCUT2D eigenvalue weighted by Crippen LogP contribution is -2.17. The quantitative estimate of drug-likeness (QED) is 0.527. The number of carbonyl (C=O) groups excluding carboxylic acids is 1. The minimum atomic E-state index is -0.423. The van der Waals surface area contributed by atoms with Crippen LogP contribution in [0.4, 0.5) is 4.39 Å². The van der Waals surface area contributed by atoms with Crippen molar-refractivity contribution in [3.63, 3.8) is 0 Å². The molecular weight excluding hydrogens is 335 g/mol. The number of halogens is 1. The highest BCUT2D eigenvalue weighted by atomic mass is 19.1. The number of aromatic nitrogens is 2. The Morgan fingerprint density at radius 3 is 2.65 bits per heavy atom. The van der Waals surface area contributed by atoms with Crippen LogP contribution < -0.4 is 10.2 Å². The third-order valence-corrected chi connectivity index (χ3v) is 3.53. The van der Waals surface area contributed by atoms with Crippen LogP contribution in [-0.2, 0) is 0 Å². The molecule has 3 aromatic rings. The van der Waals surface area contributed by atoms with Gasteiger partial charge in [0.25, 0.3) is 5.91 Å². The highest BCUT2D eigenvalue weighted by Crippen LogP contribution is 2.21. The molecule has 7 heteroatoms. The van der Waals surface area contributed by atoms with Gasteiger partial charge in [0.15, 0.2) is 0 Å². The first kappa shape index (κ1) is 17.3. The summed E-state index contributed by atoms with van der Waals surface area (Å²) in [5, 5.41) is 10.7. The number of nitrogens with one attached hydrogen (secondary N) is 2. The number of amides is 1. The first-order valence-electron chi connectivity index (χ1n) is 8.03. The fourth-order valence-electron chi connectivity index (χ4n) is 2.25. The molecule has 132 valence electrons. The standard InChI is InChI=1S/C19H17FN4O2/c1-2-26-16-9-5-14(6-10-16)17-11-18(23-22-17)19(25)24-21-12-13-3-7-15(20)8-4-13/h3-12H,2H2,1H3,(H,22,23)(H,24,25)/b21-12+. The second kappa shape index (κ2) is 8.06. The van der Waals surface area contributed by atoms with Crippen molar-refractivity contribution in [3.8, 4) is 17.0 Å². The van der Waals surface area contributed by atoms with Crippen LogP contribution in [0, 0.1) is 5.82 Å². The molecule has 0 fully saturated rings. The molecular formula is C19H17FN4O2. The summed E-state index contributed by atoms with van der Waals surface area (Å²) in [6.07, 6.45) is 1.43. The van der Waals surface area contributed by atoms with Crippen molar-refractivity contribution in [2.45, 2.75) is 6.92 Å². The van der Waals surface area contributed by atoms with E-state index in [1.54, 1.807) is 18.2 Å². The molecule has 0 atom stereocenters. The van der Waals surface area contributed by atoms with Gasteiger partial charge in [-0.1, -0.05) is 12.1 Å². The minimum absolute atomic E-state index is 0.283. The van der Waals surface area contributed by atoms with Crippen LogP contribution in [0.15, 0.2) is 59.7 Å². The van der Waals surface area contributed by atoms with Crippen molar-refractivity contribution >= 4 is 12.1 Å². The molecule has 0 aliphatic carbocycles. The van der Waals surface area contributed by atoms with Gasteiger partial charge in [-0.15, -0.1) is 0 Å². The summed E-state index contributed by atoms with van der Waals surface area (Å²) in [6, 6.07) is 14.8. The summed E-state index contributed by atoms with van der Waals surface area (Å²) in [5.74, 6) is 0.0263. The summed E-state index contributed by atoms with van der Waals surface area (Å²) in [7, 11) is 0. The Labute approximate surface area is 149 Å². The van der Waals surface area contributed by atoms with Gasteiger partial charge in [-0.05, 0) is 55.0 Å². The molecule has 0 bridgehead atoms. The highest BCUT2D eigenvalue weighted by molar-refractivity contribution is 5.94. The van der Waals surface area contributed by atoms with Gasteiger partial charge in [-0.25, -0.2) is 9.82 Å². The molecule has 0 unspecified atom stereocenters. The third kappa shape index (κ3) is 4.32. The van der Waals surface area contributed by atoms with Crippen LogP contribution in [0.1, 0.15) is 23.0 Å². The topological polar surface area (TPSA) is 79.4 Å². The van der Waals surface area contributed by atoms with Gasteiger partial charge < -0.3 is 4.74 Å². The summed E-state index contributed by atoms with van der Waals surface area (Å²) in [4.78, 5) is 12.1. The van der Waals surface area contributed by atoms with E-state index in [-0.39, 0.29) is 11.5 Å². The molecule has 1 heterocycles. The number of H-pyrrole nitrogens is 1. The lowest BCUT2D eigenvalue weighted by molar-refractivity contribution is 0.0950. The summed E-state index contributed by atoms with van der Waals surface area (Å²) in [5.41, 5.74) is 4.85. The van der Waals surface area contributed by atoms with Crippen LogP contribution in [-0.4, -0.2) is 28.9 Å². The fraction of sp³-hybridized carbons (Fsp3) is 0.105. The Bertz CT molecular complexity index is 902. The molecule has 0 radical (unpaired) electrons. The number of nitrogens with zero attached hydrogens (tertiary/aromatic N) is 2. The maximum absolute atomic E-state index is 12.8. The van der Waals surface area contributed by atoms with Gasteiger partial charge in [0.1, 0.15) is 17.3 Å². The molecule has 6 nitrogen and oxygen atoms in total. The van der Waals surface area contributed by atoms with E-state index in [2.05, 4.69) is 20.7 Å². The molecule has 3 rings (SSSR count). The third-order valence-electron chi connectivity index (χ3n) is 3.53. The Kier molecular flexibility index (Phi) is 5.38. The lowest BCUT2D eigenvalue weighted by Gasteiger charge is -2.02. The zero-order valence-electron chi connectivity index (χ0n) is 14.1. The van der Waals surface area contributed by atoms with Crippen molar-refractivity contribution in [1.82, 2.24) is 15.6 Å². The van der Waals surface area contributed by atoms with E-state index in [9.17, 15) is 9.18 Å². The average Bonchev–Trinajstić information content (AvgIpc) is 3.14. The van der Waals surface area contributed by atoms with Crippen molar-refractivity contribution in [3.05, 3.63) is 71.7 Å². The summed E-state index contributed by atoms with van der Waals surface area (Å²) < 4.78 is 18.2. The number of hydrogen-bond acceptors (Lipinski definition) is 4. The zero-order valence-corrected chi connectivity index (χ0v) is 14.1. The zero-order chi connectivity index (χ0) is 18.4. The van der Waals surface area contributed by atoms with E-state index in [0.717, 1.165) is 11.3 Å². The van der Waals surface area contributed by atoms with E-state index in [1.807, 2.05) is 31.2 Å². The maximum Gasteiger partial charge on any atom is 0.289 e. The smallest absolute Gasteiger partial charge is 0.289 e. The first-order chi connectivity index (χ1) is 12.7. The summed E-state index contributed by atoms with van der Waals surface area (Å²) >= 11 is 0. The van der Waals surface area contributed by atoms with Gasteiger partial charge in [-0.3, -0.25) is 9.89 Å². The van der Waals surface area contributed by atoms with E-state index in [1.165, 1.54) is 18.3 Å². The molecule has 0 aliphatic heterocycles. The Morgan fingerprint density at radius 1 is 1.23 bits per heavy atom. The molecule has 2 N–H and O–H groups in total. The second-order valence-electron chi connectivity index (χ2n) is 5.37. The molecule has 1 amide bonds. The lowest BCUT2D eigenvalue weighted by atomic mass is 10.1.